The fraction of sp³-hybridized carbons (Fsp3) is 0.286. The minimum Gasteiger partial charge on any atom is -0.302 e. The second-order valence-electron chi connectivity index (χ2n) is 7.07. The van der Waals surface area contributed by atoms with Crippen LogP contribution in [0.2, 0.25) is 0 Å². The van der Waals surface area contributed by atoms with Crippen molar-refractivity contribution in [2.75, 3.05) is 0 Å². The first-order valence-corrected chi connectivity index (χ1v) is 9.70. The molecule has 0 saturated carbocycles. The molecular weight excluding hydrogens is 366 g/mol. The number of nitrogens with zero attached hydrogens (tertiary/aromatic N) is 6. The molecule has 1 aromatic carbocycles. The van der Waals surface area contributed by atoms with Crippen LogP contribution in [0.5, 0.6) is 0 Å². The van der Waals surface area contributed by atoms with Crippen LogP contribution in [-0.4, -0.2) is 34.7 Å². The van der Waals surface area contributed by atoms with Crippen LogP contribution < -0.4 is 5.69 Å². The van der Waals surface area contributed by atoms with Gasteiger partial charge in [-0.3, -0.25) is 9.55 Å². The number of unbranched alkanes of at least 4 members (excludes halogenated alkanes) is 1. The van der Waals surface area contributed by atoms with E-state index in [9.17, 15) is 4.79 Å². The van der Waals surface area contributed by atoms with E-state index in [4.69, 9.17) is 0 Å². The fourth-order valence-electron chi connectivity index (χ4n) is 3.46. The van der Waals surface area contributed by atoms with E-state index >= 15 is 0 Å². The Morgan fingerprint density at radius 3 is 2.66 bits per heavy atom. The summed E-state index contributed by atoms with van der Waals surface area (Å²) >= 11 is 0. The summed E-state index contributed by atoms with van der Waals surface area (Å²) in [6.45, 7) is 2.72. The highest BCUT2D eigenvalue weighted by Gasteiger charge is 2.12. The number of hydrogen-bond donors (Lipinski definition) is 1. The summed E-state index contributed by atoms with van der Waals surface area (Å²) in [7, 11) is 1.81. The number of imidazole rings is 1. The zero-order valence-corrected chi connectivity index (χ0v) is 16.5. The number of H-pyrrole nitrogens is 1. The monoisotopic (exact) mass is 389 g/mol. The van der Waals surface area contributed by atoms with Gasteiger partial charge in [0.1, 0.15) is 0 Å². The van der Waals surface area contributed by atoms with Gasteiger partial charge in [-0.25, -0.2) is 9.89 Å². The van der Waals surface area contributed by atoms with Crippen LogP contribution in [0.25, 0.3) is 22.5 Å². The van der Waals surface area contributed by atoms with Gasteiger partial charge in [-0.2, -0.15) is 0 Å². The summed E-state index contributed by atoms with van der Waals surface area (Å²) < 4.78 is 3.52. The summed E-state index contributed by atoms with van der Waals surface area (Å²) in [5.41, 5.74) is 5.02. The van der Waals surface area contributed by atoms with Crippen molar-refractivity contribution >= 4 is 0 Å². The fourth-order valence-corrected chi connectivity index (χ4v) is 3.46. The van der Waals surface area contributed by atoms with Gasteiger partial charge in [-0.15, -0.1) is 5.10 Å². The molecule has 148 valence electrons. The maximum atomic E-state index is 12.5. The molecular formula is C21H23N7O. The highest BCUT2D eigenvalue weighted by atomic mass is 16.1. The molecule has 0 unspecified atom stereocenters. The van der Waals surface area contributed by atoms with E-state index in [-0.39, 0.29) is 5.69 Å². The van der Waals surface area contributed by atoms with Gasteiger partial charge in [0.25, 0.3) is 0 Å². The molecule has 0 spiro atoms. The molecule has 3 heterocycles. The highest BCUT2D eigenvalue weighted by Crippen LogP contribution is 2.29. The van der Waals surface area contributed by atoms with E-state index in [0.717, 1.165) is 47.2 Å². The second kappa shape index (κ2) is 8.22. The van der Waals surface area contributed by atoms with E-state index in [1.165, 1.54) is 0 Å². The van der Waals surface area contributed by atoms with Crippen molar-refractivity contribution in [3.63, 3.8) is 0 Å². The van der Waals surface area contributed by atoms with Crippen molar-refractivity contribution in [3.05, 3.63) is 70.7 Å². The number of benzene rings is 1. The Bertz CT molecular complexity index is 1140. The van der Waals surface area contributed by atoms with E-state index in [1.807, 2.05) is 41.1 Å². The topological polar surface area (TPSA) is 94.3 Å². The Balaban J connectivity index is 1.62. The standard InChI is InChI=1S/C21H23N7O/c1-3-4-5-17-14-27(2)21(29)28(17)13-15-6-8-16(9-7-15)19-12-22-11-10-18(19)20-23-25-26-24-20/h6-12,14H,3-5,13H2,1-2H3,(H,23,24,25,26). The largest absolute Gasteiger partial charge is 0.328 e. The number of pyridine rings is 1. The first-order chi connectivity index (χ1) is 14.2. The van der Waals surface area contributed by atoms with Crippen molar-refractivity contribution in [2.24, 2.45) is 7.05 Å². The number of aromatic amines is 1. The van der Waals surface area contributed by atoms with Crippen LogP contribution in [0.1, 0.15) is 31.0 Å². The Kier molecular flexibility index (Phi) is 5.33. The lowest BCUT2D eigenvalue weighted by molar-refractivity contribution is 0.667. The van der Waals surface area contributed by atoms with Gasteiger partial charge >= 0.3 is 5.69 Å². The van der Waals surface area contributed by atoms with Crippen molar-refractivity contribution < 1.29 is 0 Å². The molecule has 4 rings (SSSR count). The third-order valence-corrected chi connectivity index (χ3v) is 5.04. The molecule has 8 nitrogen and oxygen atoms in total. The zero-order valence-electron chi connectivity index (χ0n) is 16.5. The van der Waals surface area contributed by atoms with Crippen LogP contribution in [0.3, 0.4) is 0 Å². The molecule has 8 heteroatoms. The molecule has 0 atom stereocenters. The predicted octanol–water partition coefficient (Wildman–Crippen LogP) is 2.82. The average Bonchev–Trinajstić information content (AvgIpc) is 3.37. The smallest absolute Gasteiger partial charge is 0.302 e. The molecule has 29 heavy (non-hydrogen) atoms. The number of rotatable bonds is 7. The van der Waals surface area contributed by atoms with E-state index < -0.39 is 0 Å². The van der Waals surface area contributed by atoms with Gasteiger partial charge in [0.2, 0.25) is 0 Å². The molecule has 0 fully saturated rings. The lowest BCUT2D eigenvalue weighted by atomic mass is 10.0. The van der Waals surface area contributed by atoms with Crippen molar-refractivity contribution in [1.29, 1.82) is 0 Å². The van der Waals surface area contributed by atoms with Gasteiger partial charge in [0, 0.05) is 42.5 Å². The van der Waals surface area contributed by atoms with Crippen LogP contribution >= 0.6 is 0 Å². The van der Waals surface area contributed by atoms with E-state index in [1.54, 1.807) is 24.0 Å². The Labute approximate surface area is 168 Å². The summed E-state index contributed by atoms with van der Waals surface area (Å²) in [5.74, 6) is 0.600. The second-order valence-corrected chi connectivity index (χ2v) is 7.07. The summed E-state index contributed by atoms with van der Waals surface area (Å²) in [6, 6.07) is 10.1. The molecule has 0 saturated heterocycles. The summed E-state index contributed by atoms with van der Waals surface area (Å²) in [6.07, 6.45) is 8.55. The lowest BCUT2D eigenvalue weighted by Gasteiger charge is -2.10. The minimum atomic E-state index is 0.0209. The van der Waals surface area contributed by atoms with Gasteiger partial charge in [0.15, 0.2) is 5.82 Å². The zero-order chi connectivity index (χ0) is 20.2. The third kappa shape index (κ3) is 3.87. The molecule has 0 amide bonds. The van der Waals surface area contributed by atoms with Crippen molar-refractivity contribution in [3.8, 4) is 22.5 Å². The normalized spacial score (nSPS) is 11.1. The molecule has 4 aromatic rings. The number of tetrazole rings is 1. The number of hydrogen-bond acceptors (Lipinski definition) is 5. The number of aryl methyl sites for hydroxylation is 2. The maximum Gasteiger partial charge on any atom is 0.328 e. The molecule has 0 aliphatic carbocycles. The number of nitrogens with one attached hydrogen (secondary N) is 1. The molecule has 1 N–H and O–H groups in total. The predicted molar refractivity (Wildman–Crippen MR) is 110 cm³/mol. The van der Waals surface area contributed by atoms with Gasteiger partial charge in [0.05, 0.1) is 6.54 Å². The first kappa shape index (κ1) is 18.8. The molecule has 3 aromatic heterocycles. The SMILES string of the molecule is CCCCc1cn(C)c(=O)n1Cc1ccc(-c2cnccc2-c2nnn[nH]2)cc1. The minimum absolute atomic E-state index is 0.0209. The quantitative estimate of drug-likeness (QED) is 0.524. The number of aromatic nitrogens is 7. The summed E-state index contributed by atoms with van der Waals surface area (Å²) in [5, 5.41) is 14.1. The van der Waals surface area contributed by atoms with Crippen LogP contribution in [0, 0.1) is 0 Å². The van der Waals surface area contributed by atoms with E-state index in [0.29, 0.717) is 12.4 Å². The van der Waals surface area contributed by atoms with Crippen molar-refractivity contribution in [2.45, 2.75) is 32.7 Å². The first-order valence-electron chi connectivity index (χ1n) is 9.70. The Hall–Kier alpha value is -3.55. The molecule has 0 radical (unpaired) electrons. The van der Waals surface area contributed by atoms with Crippen molar-refractivity contribution in [1.82, 2.24) is 34.7 Å². The van der Waals surface area contributed by atoms with Crippen LogP contribution in [0.4, 0.5) is 0 Å². The lowest BCUT2D eigenvalue weighted by Crippen LogP contribution is -2.23. The maximum absolute atomic E-state index is 12.5. The summed E-state index contributed by atoms with van der Waals surface area (Å²) in [4.78, 5) is 16.8. The average molecular weight is 389 g/mol. The molecule has 0 aliphatic heterocycles. The van der Waals surface area contributed by atoms with Gasteiger partial charge in [-0.05, 0) is 40.5 Å². The molecule has 0 aliphatic rings. The van der Waals surface area contributed by atoms with E-state index in [2.05, 4.69) is 32.5 Å². The highest BCUT2D eigenvalue weighted by molar-refractivity contribution is 5.79. The Morgan fingerprint density at radius 1 is 1.10 bits per heavy atom. The van der Waals surface area contributed by atoms with Crippen LogP contribution in [0.15, 0.2) is 53.7 Å². The van der Waals surface area contributed by atoms with Gasteiger partial charge in [-0.1, -0.05) is 37.6 Å². The third-order valence-electron chi connectivity index (χ3n) is 5.04. The van der Waals surface area contributed by atoms with Crippen LogP contribution in [-0.2, 0) is 20.0 Å². The molecule has 0 bridgehead atoms. The van der Waals surface area contributed by atoms with Gasteiger partial charge < -0.3 is 4.57 Å². The Morgan fingerprint density at radius 2 is 1.93 bits per heavy atom.